The Labute approximate surface area is 115 Å². The van der Waals surface area contributed by atoms with Gasteiger partial charge in [0.15, 0.2) is 0 Å². The van der Waals surface area contributed by atoms with Gasteiger partial charge in [-0.25, -0.2) is 9.18 Å². The SMILES string of the molecule is Cn1c(CNCc2cccc(F)c2)cc(=O)n(C)c1=O. The van der Waals surface area contributed by atoms with Gasteiger partial charge in [-0.05, 0) is 17.7 Å². The summed E-state index contributed by atoms with van der Waals surface area (Å²) in [5, 5.41) is 3.09. The van der Waals surface area contributed by atoms with Gasteiger partial charge in [0.25, 0.3) is 5.56 Å². The second-order valence-corrected chi connectivity index (χ2v) is 4.61. The van der Waals surface area contributed by atoms with Crippen molar-refractivity contribution in [2.75, 3.05) is 0 Å². The molecule has 1 heterocycles. The maximum Gasteiger partial charge on any atom is 0.330 e. The third kappa shape index (κ3) is 3.03. The van der Waals surface area contributed by atoms with Gasteiger partial charge in [-0.15, -0.1) is 0 Å². The molecule has 1 N–H and O–H groups in total. The summed E-state index contributed by atoms with van der Waals surface area (Å²) in [4.78, 5) is 23.3. The highest BCUT2D eigenvalue weighted by atomic mass is 19.1. The van der Waals surface area contributed by atoms with Crippen LogP contribution in [-0.4, -0.2) is 9.13 Å². The van der Waals surface area contributed by atoms with E-state index in [1.165, 1.54) is 29.8 Å². The molecule has 0 saturated carbocycles. The summed E-state index contributed by atoms with van der Waals surface area (Å²) in [6.07, 6.45) is 0. The van der Waals surface area contributed by atoms with Gasteiger partial charge in [-0.2, -0.15) is 0 Å². The molecule has 0 bridgehead atoms. The maximum atomic E-state index is 13.0. The first-order valence-corrected chi connectivity index (χ1v) is 6.20. The highest BCUT2D eigenvalue weighted by molar-refractivity contribution is 5.16. The van der Waals surface area contributed by atoms with Crippen molar-refractivity contribution in [2.45, 2.75) is 13.1 Å². The van der Waals surface area contributed by atoms with Crippen LogP contribution in [0.2, 0.25) is 0 Å². The number of aromatic nitrogens is 2. The van der Waals surface area contributed by atoms with Gasteiger partial charge in [0.1, 0.15) is 5.82 Å². The third-order valence-electron chi connectivity index (χ3n) is 3.15. The summed E-state index contributed by atoms with van der Waals surface area (Å²) >= 11 is 0. The number of benzene rings is 1. The molecule has 0 amide bonds. The molecule has 0 atom stereocenters. The minimum Gasteiger partial charge on any atom is -0.307 e. The number of hydrogen-bond donors (Lipinski definition) is 1. The summed E-state index contributed by atoms with van der Waals surface area (Å²) < 4.78 is 15.5. The van der Waals surface area contributed by atoms with Gasteiger partial charge in [0.05, 0.1) is 0 Å². The normalized spacial score (nSPS) is 10.8. The molecule has 0 spiro atoms. The molecule has 0 fully saturated rings. The number of hydrogen-bond acceptors (Lipinski definition) is 3. The van der Waals surface area contributed by atoms with Crippen LogP contribution in [0.1, 0.15) is 11.3 Å². The summed E-state index contributed by atoms with van der Waals surface area (Å²) in [7, 11) is 3.05. The first-order chi connectivity index (χ1) is 9.49. The average molecular weight is 277 g/mol. The smallest absolute Gasteiger partial charge is 0.307 e. The first-order valence-electron chi connectivity index (χ1n) is 6.20. The van der Waals surface area contributed by atoms with E-state index in [9.17, 15) is 14.0 Å². The van der Waals surface area contributed by atoms with Gasteiger partial charge in [0.2, 0.25) is 0 Å². The van der Waals surface area contributed by atoms with Crippen molar-refractivity contribution >= 4 is 0 Å². The first kappa shape index (κ1) is 14.2. The van der Waals surface area contributed by atoms with Crippen molar-refractivity contribution < 1.29 is 4.39 Å². The number of nitrogens with zero attached hydrogens (tertiary/aromatic N) is 2. The average Bonchev–Trinajstić information content (AvgIpc) is 2.42. The van der Waals surface area contributed by atoms with E-state index in [1.807, 2.05) is 0 Å². The van der Waals surface area contributed by atoms with E-state index >= 15 is 0 Å². The largest absolute Gasteiger partial charge is 0.330 e. The van der Waals surface area contributed by atoms with E-state index in [-0.39, 0.29) is 17.1 Å². The van der Waals surface area contributed by atoms with E-state index in [0.29, 0.717) is 18.8 Å². The molecule has 2 rings (SSSR count). The quantitative estimate of drug-likeness (QED) is 0.886. The molecule has 20 heavy (non-hydrogen) atoms. The van der Waals surface area contributed by atoms with Gasteiger partial charge >= 0.3 is 5.69 Å². The molecule has 1 aromatic carbocycles. The summed E-state index contributed by atoms with van der Waals surface area (Å²) in [5.74, 6) is -0.287. The van der Waals surface area contributed by atoms with Gasteiger partial charge in [0, 0.05) is 38.9 Å². The zero-order valence-electron chi connectivity index (χ0n) is 11.4. The Morgan fingerprint density at radius 1 is 1.10 bits per heavy atom. The van der Waals surface area contributed by atoms with Crippen molar-refractivity contribution in [3.63, 3.8) is 0 Å². The predicted molar refractivity (Wildman–Crippen MR) is 73.9 cm³/mol. The second-order valence-electron chi connectivity index (χ2n) is 4.61. The topological polar surface area (TPSA) is 56.0 Å². The summed E-state index contributed by atoms with van der Waals surface area (Å²) in [6.45, 7) is 0.819. The van der Waals surface area contributed by atoms with Gasteiger partial charge in [-0.1, -0.05) is 12.1 Å². The van der Waals surface area contributed by atoms with E-state index < -0.39 is 0 Å². The molecule has 106 valence electrons. The molecular weight excluding hydrogens is 261 g/mol. The molecule has 0 unspecified atom stereocenters. The summed E-state index contributed by atoms with van der Waals surface area (Å²) in [6, 6.07) is 7.68. The minimum absolute atomic E-state index is 0.287. The van der Waals surface area contributed by atoms with Crippen LogP contribution in [-0.2, 0) is 27.2 Å². The van der Waals surface area contributed by atoms with Gasteiger partial charge < -0.3 is 5.32 Å². The second kappa shape index (κ2) is 5.83. The van der Waals surface area contributed by atoms with E-state index in [0.717, 1.165) is 10.1 Å². The lowest BCUT2D eigenvalue weighted by Gasteiger charge is -2.10. The molecular formula is C14H16FN3O2. The van der Waals surface area contributed by atoms with Gasteiger partial charge in [-0.3, -0.25) is 13.9 Å². The van der Waals surface area contributed by atoms with Crippen LogP contribution < -0.4 is 16.6 Å². The lowest BCUT2D eigenvalue weighted by atomic mass is 10.2. The Balaban J connectivity index is 2.09. The van der Waals surface area contributed by atoms with Crippen LogP contribution in [0.4, 0.5) is 4.39 Å². The fraction of sp³-hybridized carbons (Fsp3) is 0.286. The lowest BCUT2D eigenvalue weighted by Crippen LogP contribution is -2.38. The zero-order chi connectivity index (χ0) is 14.7. The van der Waals surface area contributed by atoms with Crippen LogP contribution in [0, 0.1) is 5.82 Å². The van der Waals surface area contributed by atoms with Crippen molar-refractivity contribution in [3.8, 4) is 0 Å². The highest BCUT2D eigenvalue weighted by Gasteiger charge is 2.05. The molecule has 5 nitrogen and oxygen atoms in total. The number of nitrogens with one attached hydrogen (secondary N) is 1. The fourth-order valence-electron chi connectivity index (χ4n) is 1.93. The molecule has 6 heteroatoms. The Hall–Kier alpha value is -2.21. The van der Waals surface area contributed by atoms with E-state index in [1.54, 1.807) is 19.2 Å². The fourth-order valence-corrected chi connectivity index (χ4v) is 1.93. The highest BCUT2D eigenvalue weighted by Crippen LogP contribution is 2.03. The molecule has 2 aromatic rings. The maximum absolute atomic E-state index is 13.0. The molecule has 0 aliphatic rings. The molecule has 0 aliphatic heterocycles. The summed E-state index contributed by atoms with van der Waals surface area (Å²) in [5.41, 5.74) is 0.698. The van der Waals surface area contributed by atoms with E-state index in [2.05, 4.69) is 5.32 Å². The molecule has 0 aliphatic carbocycles. The van der Waals surface area contributed by atoms with Crippen LogP contribution in [0.3, 0.4) is 0 Å². The Morgan fingerprint density at radius 3 is 2.55 bits per heavy atom. The molecule has 1 aromatic heterocycles. The monoisotopic (exact) mass is 277 g/mol. The van der Waals surface area contributed by atoms with Crippen molar-refractivity contribution in [3.05, 3.63) is 68.2 Å². The van der Waals surface area contributed by atoms with Crippen molar-refractivity contribution in [2.24, 2.45) is 14.1 Å². The van der Waals surface area contributed by atoms with Crippen molar-refractivity contribution in [1.82, 2.24) is 14.5 Å². The number of halogens is 1. The Bertz CT molecular complexity index is 734. The zero-order valence-corrected chi connectivity index (χ0v) is 11.4. The van der Waals surface area contributed by atoms with Crippen LogP contribution in [0.25, 0.3) is 0 Å². The molecule has 0 radical (unpaired) electrons. The van der Waals surface area contributed by atoms with Crippen LogP contribution in [0.5, 0.6) is 0 Å². The van der Waals surface area contributed by atoms with Crippen molar-refractivity contribution in [1.29, 1.82) is 0 Å². The third-order valence-corrected chi connectivity index (χ3v) is 3.15. The van der Waals surface area contributed by atoms with Crippen LogP contribution in [0.15, 0.2) is 39.9 Å². The molecule has 0 saturated heterocycles. The lowest BCUT2D eigenvalue weighted by molar-refractivity contribution is 0.595. The Kier molecular flexibility index (Phi) is 4.14. The Morgan fingerprint density at radius 2 is 1.85 bits per heavy atom. The number of rotatable bonds is 4. The minimum atomic E-state index is -0.361. The van der Waals surface area contributed by atoms with E-state index in [4.69, 9.17) is 0 Å². The standard InChI is InChI=1S/C14H16FN3O2/c1-17-12(7-13(19)18(2)14(17)20)9-16-8-10-4-3-5-11(15)6-10/h3-7,16H,8-9H2,1-2H3. The predicted octanol–water partition coefficient (Wildman–Crippen LogP) is 0.513. The van der Waals surface area contributed by atoms with Crippen LogP contribution >= 0.6 is 0 Å².